The van der Waals surface area contributed by atoms with Gasteiger partial charge in [-0.3, -0.25) is 4.79 Å². The van der Waals surface area contributed by atoms with Gasteiger partial charge in [0, 0.05) is 7.05 Å². The van der Waals surface area contributed by atoms with Crippen molar-refractivity contribution in [2.45, 2.75) is 6.42 Å². The summed E-state index contributed by atoms with van der Waals surface area (Å²) in [6.07, 6.45) is -0.104. The SMILES string of the molecule is CN(C(=O)Cc1ccccc1C(=O)O)c1ccccc1F. The molecule has 1 N–H and O–H groups in total. The molecule has 2 aromatic rings. The third kappa shape index (κ3) is 3.25. The first kappa shape index (κ1) is 14.7. The van der Waals surface area contributed by atoms with Crippen LogP contribution in [0.1, 0.15) is 15.9 Å². The highest BCUT2D eigenvalue weighted by atomic mass is 19.1. The molecule has 0 aromatic heterocycles. The average molecular weight is 287 g/mol. The van der Waals surface area contributed by atoms with Crippen LogP contribution in [0.2, 0.25) is 0 Å². The number of carbonyl (C=O) groups excluding carboxylic acids is 1. The van der Waals surface area contributed by atoms with Crippen molar-refractivity contribution in [3.63, 3.8) is 0 Å². The highest BCUT2D eigenvalue weighted by Gasteiger charge is 2.18. The number of carboxylic acids is 1. The Labute approximate surface area is 121 Å². The van der Waals surface area contributed by atoms with E-state index in [2.05, 4.69) is 0 Å². The van der Waals surface area contributed by atoms with Gasteiger partial charge in [0.25, 0.3) is 0 Å². The Morgan fingerprint density at radius 2 is 1.71 bits per heavy atom. The minimum absolute atomic E-state index is 0.0767. The van der Waals surface area contributed by atoms with Gasteiger partial charge in [0.05, 0.1) is 17.7 Å². The number of aromatic carboxylic acids is 1. The third-order valence-corrected chi connectivity index (χ3v) is 3.18. The summed E-state index contributed by atoms with van der Waals surface area (Å²) in [6.45, 7) is 0. The number of carbonyl (C=O) groups is 2. The largest absolute Gasteiger partial charge is 0.478 e. The summed E-state index contributed by atoms with van der Waals surface area (Å²) in [4.78, 5) is 24.5. The van der Waals surface area contributed by atoms with Gasteiger partial charge in [0.2, 0.25) is 5.91 Å². The second kappa shape index (κ2) is 6.17. The number of rotatable bonds is 4. The molecule has 0 saturated carbocycles. The van der Waals surface area contributed by atoms with Crippen LogP contribution in [-0.2, 0) is 11.2 Å². The van der Waals surface area contributed by atoms with Crippen LogP contribution in [0.25, 0.3) is 0 Å². The summed E-state index contributed by atoms with van der Waals surface area (Å²) >= 11 is 0. The van der Waals surface area contributed by atoms with Crippen molar-refractivity contribution in [1.29, 1.82) is 0 Å². The molecule has 0 saturated heterocycles. The monoisotopic (exact) mass is 287 g/mol. The molecule has 0 radical (unpaired) electrons. The van der Waals surface area contributed by atoms with Crippen LogP contribution < -0.4 is 4.90 Å². The zero-order valence-electron chi connectivity index (χ0n) is 11.4. The number of nitrogens with zero attached hydrogens (tertiary/aromatic N) is 1. The smallest absolute Gasteiger partial charge is 0.335 e. The Morgan fingerprint density at radius 3 is 2.38 bits per heavy atom. The predicted octanol–water partition coefficient (Wildman–Crippen LogP) is 2.73. The molecule has 0 bridgehead atoms. The summed E-state index contributed by atoms with van der Waals surface area (Å²) in [6, 6.07) is 12.2. The van der Waals surface area contributed by atoms with Crippen LogP contribution in [0, 0.1) is 5.82 Å². The van der Waals surface area contributed by atoms with Gasteiger partial charge >= 0.3 is 5.97 Å². The van der Waals surface area contributed by atoms with Gasteiger partial charge in [-0.25, -0.2) is 9.18 Å². The lowest BCUT2D eigenvalue weighted by molar-refractivity contribution is -0.117. The number of carboxylic acid groups (broad SMARTS) is 1. The number of benzene rings is 2. The van der Waals surface area contributed by atoms with Gasteiger partial charge in [-0.1, -0.05) is 30.3 Å². The van der Waals surface area contributed by atoms with Crippen molar-refractivity contribution >= 4 is 17.6 Å². The van der Waals surface area contributed by atoms with Gasteiger partial charge in [-0.05, 0) is 23.8 Å². The lowest BCUT2D eigenvalue weighted by Gasteiger charge is -2.18. The first-order valence-corrected chi connectivity index (χ1v) is 6.33. The molecule has 0 aliphatic carbocycles. The zero-order chi connectivity index (χ0) is 15.4. The maximum atomic E-state index is 13.7. The van der Waals surface area contributed by atoms with Crippen LogP contribution in [0.5, 0.6) is 0 Å². The maximum absolute atomic E-state index is 13.7. The molecule has 2 aromatic carbocycles. The Bertz CT molecular complexity index is 685. The number of anilines is 1. The fraction of sp³-hybridized carbons (Fsp3) is 0.125. The van der Waals surface area contributed by atoms with Gasteiger partial charge in [-0.2, -0.15) is 0 Å². The Kier molecular flexibility index (Phi) is 4.33. The molecule has 0 aliphatic heterocycles. The Hall–Kier alpha value is -2.69. The summed E-state index contributed by atoms with van der Waals surface area (Å²) in [5.41, 5.74) is 0.640. The molecule has 108 valence electrons. The van der Waals surface area contributed by atoms with Crippen molar-refractivity contribution < 1.29 is 19.1 Å². The van der Waals surface area contributed by atoms with E-state index >= 15 is 0 Å². The van der Waals surface area contributed by atoms with E-state index in [1.807, 2.05) is 0 Å². The van der Waals surface area contributed by atoms with Crippen molar-refractivity contribution in [2.24, 2.45) is 0 Å². The van der Waals surface area contributed by atoms with Crippen molar-refractivity contribution in [1.82, 2.24) is 0 Å². The van der Waals surface area contributed by atoms with E-state index in [4.69, 9.17) is 5.11 Å². The van der Waals surface area contributed by atoms with Gasteiger partial charge < -0.3 is 10.0 Å². The molecule has 0 aliphatic rings. The molecule has 2 rings (SSSR count). The van der Waals surface area contributed by atoms with Crippen LogP contribution in [0.3, 0.4) is 0 Å². The van der Waals surface area contributed by atoms with Crippen molar-refractivity contribution in [3.8, 4) is 0 Å². The molecule has 0 spiro atoms. The number of para-hydroxylation sites is 1. The van der Waals surface area contributed by atoms with Crippen molar-refractivity contribution in [3.05, 3.63) is 65.5 Å². The van der Waals surface area contributed by atoms with Gasteiger partial charge in [-0.15, -0.1) is 0 Å². The van der Waals surface area contributed by atoms with Gasteiger partial charge in [0.1, 0.15) is 5.82 Å². The second-order valence-corrected chi connectivity index (χ2v) is 4.54. The van der Waals surface area contributed by atoms with E-state index in [-0.39, 0.29) is 23.6 Å². The number of hydrogen-bond donors (Lipinski definition) is 1. The Balaban J connectivity index is 2.23. The molecule has 0 heterocycles. The normalized spacial score (nSPS) is 10.2. The molecular weight excluding hydrogens is 273 g/mol. The molecular formula is C16H14FNO3. The predicted molar refractivity (Wildman–Crippen MR) is 76.9 cm³/mol. The van der Waals surface area contributed by atoms with E-state index in [1.165, 1.54) is 36.2 Å². The van der Waals surface area contributed by atoms with E-state index in [0.717, 1.165) is 0 Å². The lowest BCUT2D eigenvalue weighted by Crippen LogP contribution is -2.29. The summed E-state index contributed by atoms with van der Waals surface area (Å²) in [7, 11) is 1.46. The highest BCUT2D eigenvalue weighted by Crippen LogP contribution is 2.19. The minimum atomic E-state index is -1.09. The molecule has 0 atom stereocenters. The van der Waals surface area contributed by atoms with Crippen LogP contribution >= 0.6 is 0 Å². The standard InChI is InChI=1S/C16H14FNO3/c1-18(14-9-5-4-8-13(14)17)15(19)10-11-6-2-3-7-12(11)16(20)21/h2-9H,10H2,1H3,(H,20,21). The number of hydrogen-bond acceptors (Lipinski definition) is 2. The van der Waals surface area contributed by atoms with E-state index in [0.29, 0.717) is 5.56 Å². The average Bonchev–Trinajstić information content (AvgIpc) is 2.47. The molecule has 0 unspecified atom stereocenters. The minimum Gasteiger partial charge on any atom is -0.478 e. The number of likely N-dealkylation sites (N-methyl/N-ethyl adjacent to an activating group) is 1. The first-order valence-electron chi connectivity index (χ1n) is 6.33. The molecule has 21 heavy (non-hydrogen) atoms. The quantitative estimate of drug-likeness (QED) is 0.940. The lowest BCUT2D eigenvalue weighted by atomic mass is 10.0. The second-order valence-electron chi connectivity index (χ2n) is 4.54. The first-order chi connectivity index (χ1) is 10.0. The molecule has 0 fully saturated rings. The Morgan fingerprint density at radius 1 is 1.10 bits per heavy atom. The third-order valence-electron chi connectivity index (χ3n) is 3.18. The molecule has 1 amide bonds. The summed E-state index contributed by atoms with van der Waals surface area (Å²) in [5, 5.41) is 9.09. The fourth-order valence-corrected chi connectivity index (χ4v) is 2.02. The highest BCUT2D eigenvalue weighted by molar-refractivity contribution is 5.97. The van der Waals surface area contributed by atoms with Crippen molar-refractivity contribution in [2.75, 3.05) is 11.9 Å². The summed E-state index contributed by atoms with van der Waals surface area (Å²) in [5.74, 6) is -1.97. The number of halogens is 1. The van der Waals surface area contributed by atoms with Gasteiger partial charge in [0.15, 0.2) is 0 Å². The fourth-order valence-electron chi connectivity index (χ4n) is 2.02. The van der Waals surface area contributed by atoms with E-state index in [9.17, 15) is 14.0 Å². The summed E-state index contributed by atoms with van der Waals surface area (Å²) < 4.78 is 13.7. The molecule has 4 nitrogen and oxygen atoms in total. The van der Waals surface area contributed by atoms with E-state index < -0.39 is 11.8 Å². The van der Waals surface area contributed by atoms with Crippen LogP contribution in [0.15, 0.2) is 48.5 Å². The number of amides is 1. The topological polar surface area (TPSA) is 57.6 Å². The molecule has 5 heteroatoms. The van der Waals surface area contributed by atoms with Crippen LogP contribution in [0.4, 0.5) is 10.1 Å². The maximum Gasteiger partial charge on any atom is 0.335 e. The van der Waals surface area contributed by atoms with Crippen LogP contribution in [-0.4, -0.2) is 24.0 Å². The zero-order valence-corrected chi connectivity index (χ0v) is 11.4. The van der Waals surface area contributed by atoms with E-state index in [1.54, 1.807) is 24.3 Å².